The highest BCUT2D eigenvalue weighted by Crippen LogP contribution is 2.33. The van der Waals surface area contributed by atoms with Crippen LogP contribution in [0.1, 0.15) is 11.1 Å². The Morgan fingerprint density at radius 2 is 1.95 bits per heavy atom. The normalized spacial score (nSPS) is 11.4. The second-order valence-corrected chi connectivity index (χ2v) is 4.63. The maximum atomic E-state index is 12.7. The van der Waals surface area contributed by atoms with Gasteiger partial charge in [-0.25, -0.2) is 4.98 Å². The van der Waals surface area contributed by atoms with Crippen molar-refractivity contribution in [3.63, 3.8) is 0 Å². The van der Waals surface area contributed by atoms with Gasteiger partial charge in [0.05, 0.1) is 16.3 Å². The minimum absolute atomic E-state index is 0.00600. The number of alkyl halides is 3. The molecule has 2 aromatic rings. The van der Waals surface area contributed by atoms with E-state index < -0.39 is 11.7 Å². The Morgan fingerprint density at radius 1 is 1.25 bits per heavy atom. The van der Waals surface area contributed by atoms with Gasteiger partial charge in [-0.2, -0.15) is 13.2 Å². The van der Waals surface area contributed by atoms with Crippen molar-refractivity contribution in [2.24, 2.45) is 0 Å². The van der Waals surface area contributed by atoms with Crippen LogP contribution in [0.25, 0.3) is 0 Å². The van der Waals surface area contributed by atoms with E-state index in [0.717, 1.165) is 17.7 Å². The van der Waals surface area contributed by atoms with Crippen LogP contribution >= 0.6 is 11.6 Å². The fraction of sp³-hybridized carbons (Fsp3) is 0.154. The van der Waals surface area contributed by atoms with Crippen molar-refractivity contribution in [1.29, 1.82) is 0 Å². The highest BCUT2D eigenvalue weighted by Gasteiger charge is 2.31. The average Bonchev–Trinajstić information content (AvgIpc) is 2.32. The molecular formula is C13H11ClF3N3. The summed E-state index contributed by atoms with van der Waals surface area (Å²) in [5.41, 5.74) is 5.83. The van der Waals surface area contributed by atoms with E-state index in [-0.39, 0.29) is 11.6 Å². The monoisotopic (exact) mass is 301 g/mol. The van der Waals surface area contributed by atoms with Crippen LogP contribution in [0.15, 0.2) is 30.3 Å². The van der Waals surface area contributed by atoms with Crippen LogP contribution in [0.4, 0.5) is 30.5 Å². The molecule has 0 atom stereocenters. The molecular weight excluding hydrogens is 291 g/mol. The van der Waals surface area contributed by atoms with E-state index in [1.807, 2.05) is 0 Å². The number of aromatic nitrogens is 1. The molecule has 1 aromatic heterocycles. The number of benzene rings is 1. The molecule has 106 valence electrons. The molecule has 0 spiro atoms. The van der Waals surface area contributed by atoms with Crippen molar-refractivity contribution in [2.45, 2.75) is 13.1 Å². The minimum Gasteiger partial charge on any atom is -0.384 e. The number of anilines is 3. The summed E-state index contributed by atoms with van der Waals surface area (Å²) in [5.74, 6) is -0.222. The van der Waals surface area contributed by atoms with Crippen LogP contribution in [0, 0.1) is 6.92 Å². The number of nitrogen functional groups attached to an aromatic ring is 1. The molecule has 1 aromatic carbocycles. The smallest absolute Gasteiger partial charge is 0.384 e. The Bertz CT molecular complexity index is 621. The van der Waals surface area contributed by atoms with Gasteiger partial charge in [0.1, 0.15) is 11.6 Å². The Balaban J connectivity index is 2.42. The summed E-state index contributed by atoms with van der Waals surface area (Å²) in [7, 11) is 0. The van der Waals surface area contributed by atoms with Gasteiger partial charge in [-0.15, -0.1) is 0 Å². The number of para-hydroxylation sites is 1. The highest BCUT2D eigenvalue weighted by atomic mass is 35.5. The van der Waals surface area contributed by atoms with Gasteiger partial charge in [-0.05, 0) is 30.7 Å². The number of nitrogens with zero attached hydrogens (tertiary/aromatic N) is 1. The molecule has 3 nitrogen and oxygen atoms in total. The van der Waals surface area contributed by atoms with E-state index >= 15 is 0 Å². The van der Waals surface area contributed by atoms with Crippen LogP contribution in [-0.2, 0) is 6.18 Å². The first kappa shape index (κ1) is 14.5. The van der Waals surface area contributed by atoms with E-state index in [2.05, 4.69) is 10.3 Å². The first-order chi connectivity index (χ1) is 9.27. The first-order valence-electron chi connectivity index (χ1n) is 5.64. The molecule has 0 bridgehead atoms. The van der Waals surface area contributed by atoms with Gasteiger partial charge < -0.3 is 11.1 Å². The van der Waals surface area contributed by atoms with Gasteiger partial charge in [0.2, 0.25) is 0 Å². The third kappa shape index (κ3) is 3.14. The van der Waals surface area contributed by atoms with Gasteiger partial charge in [0.25, 0.3) is 0 Å². The number of nitrogens with two attached hydrogens (primary N) is 1. The second-order valence-electron chi connectivity index (χ2n) is 4.22. The van der Waals surface area contributed by atoms with E-state index in [1.165, 1.54) is 0 Å². The van der Waals surface area contributed by atoms with E-state index in [1.54, 1.807) is 25.1 Å². The molecule has 1 heterocycles. The number of nitrogens with one attached hydrogen (secondary N) is 1. The summed E-state index contributed by atoms with van der Waals surface area (Å²) in [6, 6.07) is 6.83. The zero-order chi connectivity index (χ0) is 14.9. The zero-order valence-corrected chi connectivity index (χ0v) is 11.2. The Morgan fingerprint density at radius 3 is 2.55 bits per heavy atom. The van der Waals surface area contributed by atoms with Gasteiger partial charge in [0, 0.05) is 0 Å². The molecule has 0 aliphatic carbocycles. The molecule has 0 aliphatic heterocycles. The zero-order valence-electron chi connectivity index (χ0n) is 10.4. The average molecular weight is 302 g/mol. The molecule has 2 rings (SSSR count). The quantitative estimate of drug-likeness (QED) is 0.865. The summed E-state index contributed by atoms with van der Waals surface area (Å²) in [6.07, 6.45) is -4.48. The van der Waals surface area contributed by atoms with Crippen LogP contribution in [0.5, 0.6) is 0 Å². The predicted octanol–water partition coefficient (Wildman–Crippen LogP) is 4.39. The molecule has 7 heteroatoms. The van der Waals surface area contributed by atoms with Gasteiger partial charge in [-0.3, -0.25) is 0 Å². The lowest BCUT2D eigenvalue weighted by Gasteiger charge is -2.13. The predicted molar refractivity (Wildman–Crippen MR) is 73.1 cm³/mol. The third-order valence-electron chi connectivity index (χ3n) is 2.65. The summed E-state index contributed by atoms with van der Waals surface area (Å²) in [6.45, 7) is 1.78. The number of halogens is 4. The summed E-state index contributed by atoms with van der Waals surface area (Å²) in [5, 5.41) is 3.16. The summed E-state index contributed by atoms with van der Waals surface area (Å²) >= 11 is 6.01. The minimum atomic E-state index is -4.48. The van der Waals surface area contributed by atoms with Crippen LogP contribution < -0.4 is 11.1 Å². The SMILES string of the molecule is Cc1cccc(Cl)c1Nc1cc(C(F)(F)F)cc(N)n1. The second kappa shape index (κ2) is 5.20. The van der Waals surface area contributed by atoms with Crippen molar-refractivity contribution in [3.8, 4) is 0 Å². The maximum absolute atomic E-state index is 12.7. The number of hydrogen-bond donors (Lipinski definition) is 2. The number of aryl methyl sites for hydroxylation is 1. The Kier molecular flexibility index (Phi) is 3.76. The molecule has 0 aliphatic rings. The van der Waals surface area contributed by atoms with E-state index in [0.29, 0.717) is 10.7 Å². The fourth-order valence-electron chi connectivity index (χ4n) is 1.70. The van der Waals surface area contributed by atoms with Crippen molar-refractivity contribution in [1.82, 2.24) is 4.98 Å². The van der Waals surface area contributed by atoms with Crippen molar-refractivity contribution in [3.05, 3.63) is 46.5 Å². The lowest BCUT2D eigenvalue weighted by molar-refractivity contribution is -0.137. The van der Waals surface area contributed by atoms with Crippen molar-refractivity contribution < 1.29 is 13.2 Å². The third-order valence-corrected chi connectivity index (χ3v) is 2.96. The van der Waals surface area contributed by atoms with Crippen molar-refractivity contribution >= 4 is 28.9 Å². The summed E-state index contributed by atoms with van der Waals surface area (Å²) < 4.78 is 38.1. The Labute approximate surface area is 118 Å². The standard InChI is InChI=1S/C13H11ClF3N3/c1-7-3-2-4-9(14)12(7)20-11-6-8(13(15,16)17)5-10(18)19-11/h2-6H,1H3,(H3,18,19,20). The topological polar surface area (TPSA) is 50.9 Å². The maximum Gasteiger partial charge on any atom is 0.416 e. The molecule has 3 N–H and O–H groups in total. The van der Waals surface area contributed by atoms with Crippen molar-refractivity contribution in [2.75, 3.05) is 11.1 Å². The Hall–Kier alpha value is -1.95. The fourth-order valence-corrected chi connectivity index (χ4v) is 1.97. The molecule has 0 saturated carbocycles. The molecule has 0 unspecified atom stereocenters. The first-order valence-corrected chi connectivity index (χ1v) is 6.02. The largest absolute Gasteiger partial charge is 0.416 e. The van der Waals surface area contributed by atoms with E-state index in [4.69, 9.17) is 17.3 Å². The van der Waals surface area contributed by atoms with E-state index in [9.17, 15) is 13.2 Å². The highest BCUT2D eigenvalue weighted by molar-refractivity contribution is 6.33. The molecule has 0 fully saturated rings. The number of rotatable bonds is 2. The number of pyridine rings is 1. The lowest BCUT2D eigenvalue weighted by Crippen LogP contribution is -2.08. The molecule has 0 radical (unpaired) electrons. The van der Waals surface area contributed by atoms with Gasteiger partial charge in [0.15, 0.2) is 0 Å². The van der Waals surface area contributed by atoms with Crippen LogP contribution in [0.2, 0.25) is 5.02 Å². The molecule has 20 heavy (non-hydrogen) atoms. The summed E-state index contributed by atoms with van der Waals surface area (Å²) in [4.78, 5) is 3.83. The lowest BCUT2D eigenvalue weighted by atomic mass is 10.2. The molecule has 0 amide bonds. The van der Waals surface area contributed by atoms with Gasteiger partial charge in [-0.1, -0.05) is 23.7 Å². The van der Waals surface area contributed by atoms with Gasteiger partial charge >= 0.3 is 6.18 Å². The van der Waals surface area contributed by atoms with Crippen LogP contribution in [-0.4, -0.2) is 4.98 Å². The molecule has 0 saturated heterocycles. The van der Waals surface area contributed by atoms with Crippen LogP contribution in [0.3, 0.4) is 0 Å². The number of hydrogen-bond acceptors (Lipinski definition) is 3.